The maximum Gasteiger partial charge on any atom is 0.238 e. The Morgan fingerprint density at radius 2 is 1.91 bits per heavy atom. The molecular weight excluding hydrogens is 300 g/mol. The number of primary sulfonamides is 1. The van der Waals surface area contributed by atoms with Gasteiger partial charge < -0.3 is 5.32 Å². The summed E-state index contributed by atoms with van der Waals surface area (Å²) in [5.74, 6) is 0. The van der Waals surface area contributed by atoms with E-state index < -0.39 is 10.0 Å². The summed E-state index contributed by atoms with van der Waals surface area (Å²) in [6.45, 7) is 7.56. The molecule has 0 aliphatic rings. The molecule has 0 aliphatic heterocycles. The lowest BCUT2D eigenvalue weighted by Gasteiger charge is -2.15. The van der Waals surface area contributed by atoms with Crippen molar-refractivity contribution < 1.29 is 8.42 Å². The first kappa shape index (κ1) is 16.7. The Balaban J connectivity index is 1.91. The predicted octanol–water partition coefficient (Wildman–Crippen LogP) is 1.33. The predicted molar refractivity (Wildman–Crippen MR) is 85.8 cm³/mol. The average Bonchev–Trinajstić information content (AvgIpc) is 2.74. The second-order valence-corrected chi connectivity index (χ2v) is 7.14. The lowest BCUT2D eigenvalue weighted by molar-refractivity contribution is 0.444. The molecule has 1 unspecified atom stereocenters. The Kier molecular flexibility index (Phi) is 5.00. The fourth-order valence-electron chi connectivity index (χ4n) is 2.27. The Hall–Kier alpha value is -1.70. The Labute approximate surface area is 131 Å². The summed E-state index contributed by atoms with van der Waals surface area (Å²) in [6.07, 6.45) is 0. The quantitative estimate of drug-likeness (QED) is 0.839. The van der Waals surface area contributed by atoms with Gasteiger partial charge in [0.1, 0.15) is 0 Å². The minimum absolute atomic E-state index is 0.131. The van der Waals surface area contributed by atoms with E-state index in [4.69, 9.17) is 5.14 Å². The molecule has 0 radical (unpaired) electrons. The van der Waals surface area contributed by atoms with Crippen LogP contribution in [0.5, 0.6) is 0 Å². The van der Waals surface area contributed by atoms with Crippen molar-refractivity contribution in [2.45, 2.75) is 44.8 Å². The van der Waals surface area contributed by atoms with E-state index in [0.717, 1.165) is 23.5 Å². The van der Waals surface area contributed by atoms with Gasteiger partial charge in [-0.2, -0.15) is 5.10 Å². The van der Waals surface area contributed by atoms with Gasteiger partial charge in [0, 0.05) is 18.3 Å². The second-order valence-electron chi connectivity index (χ2n) is 5.58. The fourth-order valence-corrected chi connectivity index (χ4v) is 2.79. The van der Waals surface area contributed by atoms with Crippen molar-refractivity contribution in [1.29, 1.82) is 0 Å². The third-order valence-electron chi connectivity index (χ3n) is 3.46. The molecule has 2 aromatic rings. The first-order chi connectivity index (χ1) is 10.3. The van der Waals surface area contributed by atoms with Gasteiger partial charge in [0.2, 0.25) is 10.0 Å². The van der Waals surface area contributed by atoms with Crippen LogP contribution in [0.25, 0.3) is 0 Å². The number of hydrogen-bond donors (Lipinski definition) is 2. The topological polar surface area (TPSA) is 90.0 Å². The molecule has 3 N–H and O–H groups in total. The minimum atomic E-state index is -3.63. The van der Waals surface area contributed by atoms with Gasteiger partial charge in [-0.3, -0.25) is 4.68 Å². The monoisotopic (exact) mass is 322 g/mol. The molecule has 22 heavy (non-hydrogen) atoms. The Bertz CT molecular complexity index is 735. The number of hydrogen-bond acceptors (Lipinski definition) is 4. The summed E-state index contributed by atoms with van der Waals surface area (Å²) in [7, 11) is -3.63. The molecule has 2 rings (SSSR count). The van der Waals surface area contributed by atoms with Crippen LogP contribution in [-0.4, -0.2) is 24.2 Å². The van der Waals surface area contributed by atoms with Crippen LogP contribution < -0.4 is 10.5 Å². The number of nitrogens with zero attached hydrogens (tertiary/aromatic N) is 2. The molecule has 1 heterocycles. The van der Waals surface area contributed by atoms with Gasteiger partial charge in [0.05, 0.1) is 17.1 Å². The summed E-state index contributed by atoms with van der Waals surface area (Å²) in [6, 6.07) is 8.89. The summed E-state index contributed by atoms with van der Waals surface area (Å²) < 4.78 is 24.4. The molecule has 0 fully saturated rings. The van der Waals surface area contributed by atoms with Crippen LogP contribution in [0, 0.1) is 13.8 Å². The van der Waals surface area contributed by atoms with E-state index in [0.29, 0.717) is 6.54 Å². The molecule has 0 aliphatic carbocycles. The first-order valence-electron chi connectivity index (χ1n) is 7.12. The van der Waals surface area contributed by atoms with Crippen LogP contribution in [0.3, 0.4) is 0 Å². The van der Waals surface area contributed by atoms with E-state index in [1.165, 1.54) is 12.1 Å². The van der Waals surface area contributed by atoms with Crippen LogP contribution >= 0.6 is 0 Å². The lowest BCUT2D eigenvalue weighted by Crippen LogP contribution is -2.30. The van der Waals surface area contributed by atoms with Gasteiger partial charge in [-0.1, -0.05) is 12.1 Å². The van der Waals surface area contributed by atoms with Crippen LogP contribution in [0.2, 0.25) is 0 Å². The van der Waals surface area contributed by atoms with E-state index in [2.05, 4.69) is 23.4 Å². The number of rotatable bonds is 6. The minimum Gasteiger partial charge on any atom is -0.308 e. The first-order valence-corrected chi connectivity index (χ1v) is 8.66. The van der Waals surface area contributed by atoms with Gasteiger partial charge in [-0.15, -0.1) is 0 Å². The van der Waals surface area contributed by atoms with E-state index in [1.54, 1.807) is 12.1 Å². The molecule has 7 heteroatoms. The molecule has 0 amide bonds. The average molecular weight is 322 g/mol. The zero-order valence-electron chi connectivity index (χ0n) is 13.1. The molecule has 6 nitrogen and oxygen atoms in total. The maximum atomic E-state index is 11.2. The van der Waals surface area contributed by atoms with E-state index in [-0.39, 0.29) is 10.9 Å². The van der Waals surface area contributed by atoms with Gasteiger partial charge in [0.15, 0.2) is 0 Å². The highest BCUT2D eigenvalue weighted by atomic mass is 32.2. The molecule has 120 valence electrons. The molecule has 0 bridgehead atoms. The van der Waals surface area contributed by atoms with Crippen LogP contribution in [0.4, 0.5) is 0 Å². The standard InChI is InChI=1S/C15H22N4O2S/c1-11-8-13(3)19(18-11)10-12(2)17-9-14-4-6-15(7-5-14)22(16,20)21/h4-8,12,17H,9-10H2,1-3H3,(H2,16,20,21). The van der Waals surface area contributed by atoms with Crippen LogP contribution in [0.1, 0.15) is 23.9 Å². The number of nitrogens with one attached hydrogen (secondary N) is 1. The highest BCUT2D eigenvalue weighted by Crippen LogP contribution is 2.09. The zero-order valence-corrected chi connectivity index (χ0v) is 13.9. The molecular formula is C15H22N4O2S. The molecule has 1 aromatic carbocycles. The van der Waals surface area contributed by atoms with Crippen LogP contribution in [0.15, 0.2) is 35.2 Å². The van der Waals surface area contributed by atoms with Gasteiger partial charge in [-0.05, 0) is 44.5 Å². The number of aromatic nitrogens is 2. The smallest absolute Gasteiger partial charge is 0.238 e. The van der Waals surface area contributed by atoms with Crippen molar-refractivity contribution >= 4 is 10.0 Å². The Morgan fingerprint density at radius 3 is 2.41 bits per heavy atom. The third kappa shape index (κ3) is 4.40. The van der Waals surface area contributed by atoms with Crippen molar-refractivity contribution in [1.82, 2.24) is 15.1 Å². The summed E-state index contributed by atoms with van der Waals surface area (Å²) in [5.41, 5.74) is 3.17. The lowest BCUT2D eigenvalue weighted by atomic mass is 10.2. The highest BCUT2D eigenvalue weighted by molar-refractivity contribution is 7.89. The van der Waals surface area contributed by atoms with Crippen molar-refractivity contribution in [3.63, 3.8) is 0 Å². The van der Waals surface area contributed by atoms with Gasteiger partial charge in [-0.25, -0.2) is 13.6 Å². The summed E-state index contributed by atoms with van der Waals surface area (Å²) >= 11 is 0. The molecule has 0 saturated carbocycles. The fraction of sp³-hybridized carbons (Fsp3) is 0.400. The number of sulfonamides is 1. The summed E-state index contributed by atoms with van der Waals surface area (Å²) in [4.78, 5) is 0.131. The molecule has 1 aromatic heterocycles. The number of benzene rings is 1. The normalized spacial score (nSPS) is 13.3. The van der Waals surface area contributed by atoms with Gasteiger partial charge >= 0.3 is 0 Å². The molecule has 0 saturated heterocycles. The molecule has 0 spiro atoms. The zero-order chi connectivity index (χ0) is 16.3. The number of nitrogens with two attached hydrogens (primary N) is 1. The largest absolute Gasteiger partial charge is 0.308 e. The molecule has 1 atom stereocenters. The van der Waals surface area contributed by atoms with Gasteiger partial charge in [0.25, 0.3) is 0 Å². The van der Waals surface area contributed by atoms with Crippen molar-refractivity contribution in [2.24, 2.45) is 5.14 Å². The SMILES string of the molecule is Cc1cc(C)n(CC(C)NCc2ccc(S(N)(=O)=O)cc2)n1. The highest BCUT2D eigenvalue weighted by Gasteiger charge is 2.09. The van der Waals surface area contributed by atoms with Crippen LogP contribution in [-0.2, 0) is 23.1 Å². The van der Waals surface area contributed by atoms with E-state index in [9.17, 15) is 8.42 Å². The number of aryl methyl sites for hydroxylation is 2. The summed E-state index contributed by atoms with van der Waals surface area (Å²) in [5, 5.41) is 12.9. The van der Waals surface area contributed by atoms with Crippen molar-refractivity contribution in [3.8, 4) is 0 Å². The Morgan fingerprint density at radius 1 is 1.27 bits per heavy atom. The van der Waals surface area contributed by atoms with E-state index in [1.807, 2.05) is 18.5 Å². The third-order valence-corrected chi connectivity index (χ3v) is 4.39. The van der Waals surface area contributed by atoms with E-state index >= 15 is 0 Å². The second kappa shape index (κ2) is 6.60. The maximum absolute atomic E-state index is 11.2. The van der Waals surface area contributed by atoms with Crippen molar-refractivity contribution in [3.05, 3.63) is 47.3 Å². The van der Waals surface area contributed by atoms with Crippen molar-refractivity contribution in [2.75, 3.05) is 0 Å².